The van der Waals surface area contributed by atoms with E-state index in [1.165, 1.54) is 21.1 Å². The van der Waals surface area contributed by atoms with E-state index >= 15 is 0 Å². The second-order valence-corrected chi connectivity index (χ2v) is 8.48. The Kier molecular flexibility index (Phi) is 5.70. The van der Waals surface area contributed by atoms with Crippen LogP contribution >= 0.6 is 11.3 Å². The first-order chi connectivity index (χ1) is 12.5. The standard InChI is InChI=1S/C17H19N3O4S2/c1-2-24-17(21)19-16-18-14-8-10-20(12-15(14)25-16)26(22,23)11-9-13-6-4-3-5-7-13/h3-7,9,11H,2,8,10,12H2,1H3,(H,18,19,21)/b11-9+. The number of rotatable bonds is 5. The minimum absolute atomic E-state index is 0.249. The fourth-order valence-electron chi connectivity index (χ4n) is 2.51. The van der Waals surface area contributed by atoms with E-state index in [4.69, 9.17) is 4.74 Å². The number of aromatic nitrogens is 1. The minimum Gasteiger partial charge on any atom is -0.450 e. The number of amides is 1. The highest BCUT2D eigenvalue weighted by Gasteiger charge is 2.27. The van der Waals surface area contributed by atoms with E-state index in [9.17, 15) is 13.2 Å². The molecule has 1 aromatic heterocycles. The Hall–Kier alpha value is -2.23. The Labute approximate surface area is 156 Å². The zero-order valence-corrected chi connectivity index (χ0v) is 15.8. The Morgan fingerprint density at radius 3 is 2.88 bits per heavy atom. The maximum absolute atomic E-state index is 12.6. The van der Waals surface area contributed by atoms with Gasteiger partial charge in [-0.1, -0.05) is 41.7 Å². The average Bonchev–Trinajstić information content (AvgIpc) is 3.02. The third kappa shape index (κ3) is 4.48. The molecule has 138 valence electrons. The zero-order chi connectivity index (χ0) is 18.6. The molecule has 2 heterocycles. The van der Waals surface area contributed by atoms with Gasteiger partial charge in [0.2, 0.25) is 10.0 Å². The van der Waals surface area contributed by atoms with Crippen LogP contribution < -0.4 is 5.32 Å². The van der Waals surface area contributed by atoms with Crippen LogP contribution in [0.2, 0.25) is 0 Å². The van der Waals surface area contributed by atoms with Gasteiger partial charge in [-0.15, -0.1) is 0 Å². The number of hydrogen-bond acceptors (Lipinski definition) is 6. The summed E-state index contributed by atoms with van der Waals surface area (Å²) in [6, 6.07) is 9.28. The molecule has 0 saturated heterocycles. The molecule has 26 heavy (non-hydrogen) atoms. The molecule has 0 aliphatic carbocycles. The highest BCUT2D eigenvalue weighted by Crippen LogP contribution is 2.30. The second-order valence-electron chi connectivity index (χ2n) is 5.58. The molecule has 0 radical (unpaired) electrons. The van der Waals surface area contributed by atoms with Crippen LogP contribution in [0.15, 0.2) is 35.7 Å². The first-order valence-electron chi connectivity index (χ1n) is 8.13. The monoisotopic (exact) mass is 393 g/mol. The second kappa shape index (κ2) is 7.98. The lowest BCUT2D eigenvalue weighted by Crippen LogP contribution is -2.34. The molecule has 0 fully saturated rings. The molecule has 7 nitrogen and oxygen atoms in total. The molecular formula is C17H19N3O4S2. The van der Waals surface area contributed by atoms with E-state index in [1.54, 1.807) is 13.0 Å². The van der Waals surface area contributed by atoms with Gasteiger partial charge in [0.15, 0.2) is 5.13 Å². The highest BCUT2D eigenvalue weighted by atomic mass is 32.2. The number of thiazole rings is 1. The summed E-state index contributed by atoms with van der Waals surface area (Å²) in [6.07, 6.45) is 1.54. The van der Waals surface area contributed by atoms with Crippen LogP contribution in [-0.2, 0) is 27.7 Å². The van der Waals surface area contributed by atoms with Gasteiger partial charge in [-0.25, -0.2) is 18.2 Å². The van der Waals surface area contributed by atoms with Gasteiger partial charge in [0.1, 0.15) is 0 Å². The van der Waals surface area contributed by atoms with Crippen molar-refractivity contribution in [2.45, 2.75) is 19.9 Å². The Balaban J connectivity index is 1.70. The average molecular weight is 393 g/mol. The van der Waals surface area contributed by atoms with Crippen molar-refractivity contribution in [1.82, 2.24) is 9.29 Å². The molecule has 1 aliphatic heterocycles. The molecule has 1 aromatic carbocycles. The summed E-state index contributed by atoms with van der Waals surface area (Å²) in [5.74, 6) is 0. The lowest BCUT2D eigenvalue weighted by atomic mass is 10.2. The van der Waals surface area contributed by atoms with Crippen LogP contribution in [0.25, 0.3) is 6.08 Å². The molecule has 9 heteroatoms. The smallest absolute Gasteiger partial charge is 0.413 e. The molecule has 0 saturated carbocycles. The quantitative estimate of drug-likeness (QED) is 0.843. The lowest BCUT2D eigenvalue weighted by Gasteiger charge is -2.23. The number of carbonyl (C=O) groups is 1. The van der Waals surface area contributed by atoms with Gasteiger partial charge in [0.25, 0.3) is 0 Å². The van der Waals surface area contributed by atoms with Crippen LogP contribution in [0.3, 0.4) is 0 Å². The summed E-state index contributed by atoms with van der Waals surface area (Å²) >= 11 is 1.27. The largest absolute Gasteiger partial charge is 0.450 e. The summed E-state index contributed by atoms with van der Waals surface area (Å²) in [5.41, 5.74) is 1.65. The van der Waals surface area contributed by atoms with Crippen molar-refractivity contribution in [1.29, 1.82) is 0 Å². The van der Waals surface area contributed by atoms with Gasteiger partial charge >= 0.3 is 6.09 Å². The maximum atomic E-state index is 12.6. The zero-order valence-electron chi connectivity index (χ0n) is 14.2. The highest BCUT2D eigenvalue weighted by molar-refractivity contribution is 7.92. The molecule has 2 aromatic rings. The number of hydrogen-bond donors (Lipinski definition) is 1. The van der Waals surface area contributed by atoms with E-state index in [-0.39, 0.29) is 13.2 Å². The Morgan fingerprint density at radius 2 is 2.15 bits per heavy atom. The molecule has 1 N–H and O–H groups in total. The van der Waals surface area contributed by atoms with Crippen molar-refractivity contribution in [3.05, 3.63) is 51.9 Å². The molecular weight excluding hydrogens is 374 g/mol. The first-order valence-corrected chi connectivity index (χ1v) is 10.5. The number of nitrogens with zero attached hydrogens (tertiary/aromatic N) is 2. The van der Waals surface area contributed by atoms with Crippen LogP contribution in [0.4, 0.5) is 9.93 Å². The normalized spacial score (nSPS) is 15.0. The van der Waals surface area contributed by atoms with Gasteiger partial charge in [0, 0.05) is 23.3 Å². The van der Waals surface area contributed by atoms with Gasteiger partial charge in [-0.05, 0) is 18.6 Å². The number of ether oxygens (including phenoxy) is 1. The van der Waals surface area contributed by atoms with Gasteiger partial charge in [0.05, 0.1) is 18.8 Å². The number of carbonyl (C=O) groups excluding carboxylic acids is 1. The lowest BCUT2D eigenvalue weighted by molar-refractivity contribution is 0.168. The van der Waals surface area contributed by atoms with E-state index in [0.717, 1.165) is 16.1 Å². The van der Waals surface area contributed by atoms with Crippen molar-refractivity contribution >= 4 is 38.7 Å². The van der Waals surface area contributed by atoms with E-state index in [0.29, 0.717) is 18.1 Å². The fraction of sp³-hybridized carbons (Fsp3) is 0.294. The number of nitrogens with one attached hydrogen (secondary N) is 1. The fourth-order valence-corrected chi connectivity index (χ4v) is 4.76. The topological polar surface area (TPSA) is 88.6 Å². The number of sulfonamides is 1. The predicted octanol–water partition coefficient (Wildman–Crippen LogP) is 3.07. The Morgan fingerprint density at radius 1 is 1.38 bits per heavy atom. The molecule has 1 aliphatic rings. The van der Waals surface area contributed by atoms with Gasteiger partial charge in [-0.2, -0.15) is 4.31 Å². The van der Waals surface area contributed by atoms with Gasteiger partial charge in [-0.3, -0.25) is 5.32 Å². The third-order valence-electron chi connectivity index (χ3n) is 3.77. The van der Waals surface area contributed by atoms with Crippen LogP contribution in [0, 0.1) is 0 Å². The van der Waals surface area contributed by atoms with E-state index in [1.807, 2.05) is 30.3 Å². The number of anilines is 1. The summed E-state index contributed by atoms with van der Waals surface area (Å²) in [4.78, 5) is 16.7. The minimum atomic E-state index is -3.53. The van der Waals surface area contributed by atoms with Crippen molar-refractivity contribution in [3.8, 4) is 0 Å². The van der Waals surface area contributed by atoms with Crippen LogP contribution in [0.5, 0.6) is 0 Å². The SMILES string of the molecule is CCOC(=O)Nc1nc2c(s1)CN(S(=O)(=O)/C=C/c1ccccc1)CC2. The summed E-state index contributed by atoms with van der Waals surface area (Å²) in [6.45, 7) is 2.60. The predicted molar refractivity (Wildman–Crippen MR) is 101 cm³/mol. The summed E-state index contributed by atoms with van der Waals surface area (Å²) in [5, 5.41) is 4.22. The van der Waals surface area contributed by atoms with Crippen LogP contribution in [-0.4, -0.2) is 37.0 Å². The van der Waals surface area contributed by atoms with Gasteiger partial charge < -0.3 is 4.74 Å². The molecule has 0 unspecified atom stereocenters. The van der Waals surface area contributed by atoms with Crippen molar-refractivity contribution < 1.29 is 17.9 Å². The maximum Gasteiger partial charge on any atom is 0.413 e. The molecule has 0 atom stereocenters. The molecule has 0 spiro atoms. The third-order valence-corrected chi connectivity index (χ3v) is 6.28. The first kappa shape index (κ1) is 18.6. The number of benzene rings is 1. The van der Waals surface area contributed by atoms with Crippen LogP contribution in [0.1, 0.15) is 23.1 Å². The van der Waals surface area contributed by atoms with E-state index < -0.39 is 16.1 Å². The van der Waals surface area contributed by atoms with Crippen molar-refractivity contribution in [3.63, 3.8) is 0 Å². The van der Waals surface area contributed by atoms with Crippen molar-refractivity contribution in [2.75, 3.05) is 18.5 Å². The molecule has 1 amide bonds. The van der Waals surface area contributed by atoms with Crippen molar-refractivity contribution in [2.24, 2.45) is 0 Å². The molecule has 0 bridgehead atoms. The van der Waals surface area contributed by atoms with E-state index in [2.05, 4.69) is 10.3 Å². The Bertz CT molecular complexity index is 907. The summed E-state index contributed by atoms with van der Waals surface area (Å²) < 4.78 is 31.4. The summed E-state index contributed by atoms with van der Waals surface area (Å²) in [7, 11) is -3.53. The number of fused-ring (bicyclic) bond motifs is 1. The molecule has 3 rings (SSSR count).